The molecule has 3 nitrogen and oxygen atoms in total. The van der Waals surface area contributed by atoms with Gasteiger partial charge < -0.3 is 4.74 Å². The van der Waals surface area contributed by atoms with Crippen LogP contribution in [0.2, 0.25) is 5.02 Å². The first-order valence-electron chi connectivity index (χ1n) is 6.78. The summed E-state index contributed by atoms with van der Waals surface area (Å²) < 4.78 is 5.89. The molecule has 0 spiro atoms. The van der Waals surface area contributed by atoms with Crippen molar-refractivity contribution in [2.75, 3.05) is 13.2 Å². The van der Waals surface area contributed by atoms with Gasteiger partial charge in [-0.15, -0.1) is 0 Å². The normalized spacial score (nSPS) is 28.9. The molecule has 0 radical (unpaired) electrons. The minimum Gasteiger partial charge on any atom is -0.375 e. The molecule has 1 aromatic rings. The second-order valence-corrected chi connectivity index (χ2v) is 5.61. The molecule has 1 aliphatic carbocycles. The van der Waals surface area contributed by atoms with E-state index in [9.17, 15) is 0 Å². The van der Waals surface area contributed by atoms with Gasteiger partial charge in [-0.25, -0.2) is 0 Å². The van der Waals surface area contributed by atoms with Gasteiger partial charge in [-0.05, 0) is 24.5 Å². The van der Waals surface area contributed by atoms with Gasteiger partial charge in [0.1, 0.15) is 0 Å². The monoisotopic (exact) mass is 266 g/mol. The summed E-state index contributed by atoms with van der Waals surface area (Å²) in [5, 5.41) is 0.774. The molecule has 1 aliphatic heterocycles. The van der Waals surface area contributed by atoms with Gasteiger partial charge in [-0.2, -0.15) is 0 Å². The summed E-state index contributed by atoms with van der Waals surface area (Å²) >= 11 is 6.20. The van der Waals surface area contributed by atoms with E-state index in [1.807, 2.05) is 12.3 Å². The topological polar surface area (TPSA) is 25.4 Å². The Kier molecular flexibility index (Phi) is 3.83. The van der Waals surface area contributed by atoms with Crippen LogP contribution in [0.15, 0.2) is 18.5 Å². The minimum atomic E-state index is 0.438. The fourth-order valence-corrected chi connectivity index (χ4v) is 3.30. The maximum atomic E-state index is 6.20. The van der Waals surface area contributed by atoms with E-state index in [0.29, 0.717) is 12.1 Å². The van der Waals surface area contributed by atoms with Crippen LogP contribution in [0.4, 0.5) is 0 Å². The van der Waals surface area contributed by atoms with Crippen LogP contribution in [0.25, 0.3) is 0 Å². The van der Waals surface area contributed by atoms with Crippen LogP contribution in [-0.2, 0) is 11.3 Å². The molecule has 1 aromatic heterocycles. The maximum Gasteiger partial charge on any atom is 0.0731 e. The van der Waals surface area contributed by atoms with Crippen LogP contribution < -0.4 is 0 Å². The highest BCUT2D eigenvalue weighted by molar-refractivity contribution is 6.31. The van der Waals surface area contributed by atoms with E-state index in [1.165, 1.54) is 31.2 Å². The lowest BCUT2D eigenvalue weighted by molar-refractivity contribution is -0.0911. The highest BCUT2D eigenvalue weighted by Gasteiger charge is 2.34. The quantitative estimate of drug-likeness (QED) is 0.823. The van der Waals surface area contributed by atoms with E-state index < -0.39 is 0 Å². The number of fused-ring (bicyclic) bond motifs is 1. The lowest BCUT2D eigenvalue weighted by Crippen LogP contribution is -2.52. The Morgan fingerprint density at radius 1 is 1.39 bits per heavy atom. The molecule has 0 bridgehead atoms. The van der Waals surface area contributed by atoms with Crippen molar-refractivity contribution in [1.29, 1.82) is 0 Å². The average Bonchev–Trinajstić information content (AvgIpc) is 2.42. The fourth-order valence-electron chi connectivity index (χ4n) is 3.12. The number of rotatable bonds is 2. The minimum absolute atomic E-state index is 0.438. The third-order valence-electron chi connectivity index (χ3n) is 4.08. The number of nitrogens with zero attached hydrogens (tertiary/aromatic N) is 2. The van der Waals surface area contributed by atoms with Gasteiger partial charge in [0.2, 0.25) is 0 Å². The lowest BCUT2D eigenvalue weighted by atomic mass is 9.90. The van der Waals surface area contributed by atoms with Crippen molar-refractivity contribution >= 4 is 11.6 Å². The van der Waals surface area contributed by atoms with Crippen LogP contribution >= 0.6 is 11.6 Å². The Hall–Kier alpha value is -0.640. The molecule has 2 heterocycles. The highest BCUT2D eigenvalue weighted by atomic mass is 35.5. The van der Waals surface area contributed by atoms with Gasteiger partial charge in [0.15, 0.2) is 0 Å². The van der Waals surface area contributed by atoms with E-state index in [4.69, 9.17) is 16.3 Å². The van der Waals surface area contributed by atoms with E-state index in [1.54, 1.807) is 6.20 Å². The van der Waals surface area contributed by atoms with Crippen LogP contribution in [-0.4, -0.2) is 35.2 Å². The van der Waals surface area contributed by atoms with Crippen LogP contribution in [0.3, 0.4) is 0 Å². The highest BCUT2D eigenvalue weighted by Crippen LogP contribution is 2.30. The van der Waals surface area contributed by atoms with E-state index >= 15 is 0 Å². The summed E-state index contributed by atoms with van der Waals surface area (Å²) in [4.78, 5) is 6.58. The Bertz CT molecular complexity index is 411. The zero-order chi connectivity index (χ0) is 12.4. The van der Waals surface area contributed by atoms with Crippen LogP contribution in [0.1, 0.15) is 31.2 Å². The van der Waals surface area contributed by atoms with Gasteiger partial charge in [-0.1, -0.05) is 24.4 Å². The zero-order valence-corrected chi connectivity index (χ0v) is 11.3. The van der Waals surface area contributed by atoms with Gasteiger partial charge in [0.25, 0.3) is 0 Å². The zero-order valence-electron chi connectivity index (χ0n) is 10.5. The summed E-state index contributed by atoms with van der Waals surface area (Å²) in [5.74, 6) is 0. The van der Waals surface area contributed by atoms with Crippen molar-refractivity contribution in [3.63, 3.8) is 0 Å². The third-order valence-corrected chi connectivity index (χ3v) is 4.42. The third kappa shape index (κ3) is 2.53. The number of morpholine rings is 1. The van der Waals surface area contributed by atoms with Crippen molar-refractivity contribution in [2.45, 2.75) is 44.4 Å². The Morgan fingerprint density at radius 3 is 3.17 bits per heavy atom. The van der Waals surface area contributed by atoms with Gasteiger partial charge in [0, 0.05) is 31.5 Å². The number of pyridine rings is 1. The van der Waals surface area contributed by atoms with Crippen LogP contribution in [0, 0.1) is 0 Å². The number of hydrogen-bond donors (Lipinski definition) is 0. The molecular weight excluding hydrogens is 248 g/mol. The predicted molar refractivity (Wildman–Crippen MR) is 71.7 cm³/mol. The molecule has 2 aliphatic rings. The predicted octanol–water partition coefficient (Wildman–Crippen LogP) is 2.88. The van der Waals surface area contributed by atoms with Gasteiger partial charge >= 0.3 is 0 Å². The van der Waals surface area contributed by atoms with Crippen molar-refractivity contribution < 1.29 is 4.74 Å². The second-order valence-electron chi connectivity index (χ2n) is 5.20. The molecule has 2 unspecified atom stereocenters. The summed E-state index contributed by atoms with van der Waals surface area (Å²) in [6.07, 6.45) is 9.10. The van der Waals surface area contributed by atoms with E-state index in [-0.39, 0.29) is 0 Å². The molecule has 2 atom stereocenters. The molecule has 18 heavy (non-hydrogen) atoms. The molecule has 0 aromatic carbocycles. The Balaban J connectivity index is 1.73. The standard InChI is InChI=1S/C14H19ClN2O/c15-12-9-16-6-5-11(12)10-17-7-8-18-14-4-2-1-3-13(14)17/h5-6,9,13-14H,1-4,7-8,10H2. The molecule has 3 rings (SSSR count). The smallest absolute Gasteiger partial charge is 0.0731 e. The van der Waals surface area contributed by atoms with E-state index in [2.05, 4.69) is 9.88 Å². The summed E-state index contributed by atoms with van der Waals surface area (Å²) in [6, 6.07) is 2.60. The Morgan fingerprint density at radius 2 is 2.28 bits per heavy atom. The Labute approximate surface area is 113 Å². The van der Waals surface area contributed by atoms with Crippen molar-refractivity contribution in [3.05, 3.63) is 29.0 Å². The number of aromatic nitrogens is 1. The van der Waals surface area contributed by atoms with Crippen molar-refractivity contribution in [1.82, 2.24) is 9.88 Å². The molecule has 1 saturated heterocycles. The number of halogens is 1. The lowest BCUT2D eigenvalue weighted by Gasteiger charge is -2.44. The molecule has 98 valence electrons. The molecule has 4 heteroatoms. The average molecular weight is 267 g/mol. The number of hydrogen-bond acceptors (Lipinski definition) is 3. The van der Waals surface area contributed by atoms with E-state index in [0.717, 1.165) is 24.7 Å². The van der Waals surface area contributed by atoms with Crippen molar-refractivity contribution in [2.24, 2.45) is 0 Å². The maximum absolute atomic E-state index is 6.20. The molecular formula is C14H19ClN2O. The summed E-state index contributed by atoms with van der Waals surface area (Å²) in [6.45, 7) is 2.79. The van der Waals surface area contributed by atoms with Gasteiger partial charge in [-0.3, -0.25) is 9.88 Å². The molecule has 0 N–H and O–H groups in total. The first-order chi connectivity index (χ1) is 8.84. The first kappa shape index (κ1) is 12.4. The number of ether oxygens (including phenoxy) is 1. The SMILES string of the molecule is Clc1cnccc1CN1CCOC2CCCCC21. The second kappa shape index (κ2) is 5.55. The fraction of sp³-hybridized carbons (Fsp3) is 0.643. The summed E-state index contributed by atoms with van der Waals surface area (Å²) in [5.41, 5.74) is 1.18. The van der Waals surface area contributed by atoms with Crippen molar-refractivity contribution in [3.8, 4) is 0 Å². The summed E-state index contributed by atoms with van der Waals surface area (Å²) in [7, 11) is 0. The molecule has 0 amide bonds. The molecule has 1 saturated carbocycles. The first-order valence-corrected chi connectivity index (χ1v) is 7.16. The largest absolute Gasteiger partial charge is 0.375 e. The molecule has 2 fully saturated rings. The van der Waals surface area contributed by atoms with Gasteiger partial charge in [0.05, 0.1) is 17.7 Å². The van der Waals surface area contributed by atoms with Crippen LogP contribution in [0.5, 0.6) is 0 Å².